The first-order valence-electron chi connectivity index (χ1n) is 11.4. The number of fused-ring (bicyclic) bond motifs is 6. The Morgan fingerprint density at radius 3 is 2.67 bits per heavy atom. The van der Waals surface area contributed by atoms with Gasteiger partial charge in [0, 0.05) is 17.8 Å². The van der Waals surface area contributed by atoms with E-state index < -0.39 is 40.3 Å². The number of ether oxygens (including phenoxy) is 1. The summed E-state index contributed by atoms with van der Waals surface area (Å²) in [6.45, 7) is -0.00604. The summed E-state index contributed by atoms with van der Waals surface area (Å²) in [7, 11) is 0. The molecule has 2 aromatic heterocycles. The number of halogens is 3. The summed E-state index contributed by atoms with van der Waals surface area (Å²) in [5.74, 6) is -3.63. The van der Waals surface area contributed by atoms with E-state index in [1.807, 2.05) is 6.08 Å². The van der Waals surface area contributed by atoms with Crippen LogP contribution in [0.1, 0.15) is 46.2 Å². The van der Waals surface area contributed by atoms with Gasteiger partial charge in [0.25, 0.3) is 5.91 Å². The molecule has 0 saturated heterocycles. The standard InChI is InChI=1S/C25H20ClF2N3O4S/c26-15-6-12-36-23(15)19-14-3-4-16(27)18(28)22(14)35-11-2-9-25(7-1-8-25)29-13-31(19)30-10-5-17(32)21(33)20(30)24(29)34/h2-6,9-10,12,19,33H,1,7-8,11,13H2/b9-2+/t19-/m1/s1. The topological polar surface area (TPSA) is 75.0 Å². The lowest BCUT2D eigenvalue weighted by Crippen LogP contribution is -2.64. The van der Waals surface area contributed by atoms with Gasteiger partial charge in [-0.05, 0) is 48.9 Å². The van der Waals surface area contributed by atoms with Crippen molar-refractivity contribution in [2.24, 2.45) is 0 Å². The zero-order valence-corrected chi connectivity index (χ0v) is 20.4. The van der Waals surface area contributed by atoms with Crippen LogP contribution in [0.3, 0.4) is 0 Å². The highest BCUT2D eigenvalue weighted by atomic mass is 35.5. The van der Waals surface area contributed by atoms with Crippen molar-refractivity contribution in [3.63, 3.8) is 0 Å². The Hall–Kier alpha value is -3.37. The summed E-state index contributed by atoms with van der Waals surface area (Å²) < 4.78 is 36.7. The van der Waals surface area contributed by atoms with E-state index in [1.54, 1.807) is 27.4 Å². The number of carbonyl (C=O) groups is 1. The highest BCUT2D eigenvalue weighted by Gasteiger charge is 2.49. The van der Waals surface area contributed by atoms with E-state index in [2.05, 4.69) is 0 Å². The quantitative estimate of drug-likeness (QED) is 0.466. The van der Waals surface area contributed by atoms with E-state index in [9.17, 15) is 19.1 Å². The maximum atomic E-state index is 15.1. The monoisotopic (exact) mass is 531 g/mol. The number of aromatic hydroxyl groups is 1. The molecule has 4 heterocycles. The molecule has 0 radical (unpaired) electrons. The first-order valence-corrected chi connectivity index (χ1v) is 12.6. The Morgan fingerprint density at radius 2 is 1.97 bits per heavy atom. The zero-order valence-electron chi connectivity index (χ0n) is 18.8. The third-order valence-electron chi connectivity index (χ3n) is 7.14. The van der Waals surface area contributed by atoms with Crippen LogP contribution in [0.4, 0.5) is 8.78 Å². The second kappa shape index (κ2) is 8.35. The third-order valence-corrected chi connectivity index (χ3v) is 8.55. The number of amides is 1. The number of pyridine rings is 1. The molecule has 1 amide bonds. The normalized spacial score (nSPS) is 21.2. The highest BCUT2D eigenvalue weighted by molar-refractivity contribution is 7.10. The predicted molar refractivity (Wildman–Crippen MR) is 130 cm³/mol. The van der Waals surface area contributed by atoms with E-state index in [0.29, 0.717) is 22.7 Å². The molecule has 6 rings (SSSR count). The van der Waals surface area contributed by atoms with Gasteiger partial charge in [0.2, 0.25) is 11.2 Å². The van der Waals surface area contributed by atoms with E-state index in [1.165, 1.54) is 28.3 Å². The Balaban J connectivity index is 1.68. The van der Waals surface area contributed by atoms with Gasteiger partial charge < -0.3 is 14.7 Å². The van der Waals surface area contributed by atoms with Crippen molar-refractivity contribution < 1.29 is 23.4 Å². The maximum absolute atomic E-state index is 15.1. The van der Waals surface area contributed by atoms with Crippen molar-refractivity contribution in [3.8, 4) is 11.5 Å². The molecule has 2 bridgehead atoms. The molecule has 2 aliphatic heterocycles. The van der Waals surface area contributed by atoms with Crippen LogP contribution in [0.2, 0.25) is 5.02 Å². The van der Waals surface area contributed by atoms with Crippen LogP contribution >= 0.6 is 22.9 Å². The van der Waals surface area contributed by atoms with Crippen molar-refractivity contribution >= 4 is 28.8 Å². The van der Waals surface area contributed by atoms with Crippen molar-refractivity contribution in [1.29, 1.82) is 0 Å². The molecule has 1 fully saturated rings. The van der Waals surface area contributed by atoms with Gasteiger partial charge in [0.1, 0.15) is 19.3 Å². The molecular formula is C25H20ClF2N3O4S. The maximum Gasteiger partial charge on any atom is 0.278 e. The Morgan fingerprint density at radius 1 is 1.17 bits per heavy atom. The molecule has 3 aliphatic rings. The lowest BCUT2D eigenvalue weighted by atomic mass is 9.74. The molecule has 7 nitrogen and oxygen atoms in total. The van der Waals surface area contributed by atoms with Crippen LogP contribution in [0.25, 0.3) is 0 Å². The molecule has 1 saturated carbocycles. The number of hydrogen-bond acceptors (Lipinski definition) is 6. The van der Waals surface area contributed by atoms with Crippen LogP contribution in [-0.4, -0.2) is 39.4 Å². The largest absolute Gasteiger partial charge is 0.502 e. The fraction of sp³-hybridized carbons (Fsp3) is 0.280. The first-order chi connectivity index (χ1) is 17.3. The molecule has 1 aromatic carbocycles. The lowest BCUT2D eigenvalue weighted by molar-refractivity contribution is 0.0256. The van der Waals surface area contributed by atoms with Crippen LogP contribution in [-0.2, 0) is 0 Å². The van der Waals surface area contributed by atoms with Crippen LogP contribution in [0.15, 0.2) is 52.8 Å². The molecule has 1 spiro atoms. The fourth-order valence-corrected chi connectivity index (χ4v) is 6.48. The van der Waals surface area contributed by atoms with Crippen LogP contribution in [0.5, 0.6) is 11.5 Å². The van der Waals surface area contributed by atoms with E-state index in [-0.39, 0.29) is 30.3 Å². The number of thiophene rings is 1. The zero-order chi connectivity index (χ0) is 25.2. The molecule has 1 atom stereocenters. The van der Waals surface area contributed by atoms with Gasteiger partial charge in [-0.2, -0.15) is 4.39 Å². The van der Waals surface area contributed by atoms with E-state index >= 15 is 4.39 Å². The lowest BCUT2D eigenvalue weighted by Gasteiger charge is -2.53. The molecule has 36 heavy (non-hydrogen) atoms. The van der Waals surface area contributed by atoms with Crippen molar-refractivity contribution in [3.05, 3.63) is 91.0 Å². The Bertz CT molecular complexity index is 1480. The van der Waals surface area contributed by atoms with Crippen LogP contribution < -0.4 is 15.2 Å². The van der Waals surface area contributed by atoms with E-state index in [0.717, 1.165) is 18.6 Å². The van der Waals surface area contributed by atoms with Gasteiger partial charge in [-0.25, -0.2) is 4.39 Å². The Kier molecular flexibility index (Phi) is 5.34. The SMILES string of the molecule is O=C1c2c(O)c(=O)ccn2N2CN1C1(/C=C/COc3c(ccc(F)c3F)[C@@H]2c2sccc2Cl)CCC1. The summed E-state index contributed by atoms with van der Waals surface area (Å²) >= 11 is 7.87. The average Bonchev–Trinajstić information content (AvgIpc) is 3.24. The average molecular weight is 532 g/mol. The first kappa shape index (κ1) is 23.1. The van der Waals surface area contributed by atoms with E-state index in [4.69, 9.17) is 16.3 Å². The van der Waals surface area contributed by atoms with Gasteiger partial charge in [0.05, 0.1) is 15.4 Å². The minimum atomic E-state index is -1.14. The number of benzene rings is 1. The predicted octanol–water partition coefficient (Wildman–Crippen LogP) is 4.56. The molecule has 1 aliphatic carbocycles. The highest BCUT2D eigenvalue weighted by Crippen LogP contribution is 2.46. The Labute approximate surface area is 213 Å². The molecule has 11 heteroatoms. The third kappa shape index (κ3) is 3.27. The minimum absolute atomic E-state index is 0.0375. The summed E-state index contributed by atoms with van der Waals surface area (Å²) in [4.78, 5) is 28.3. The van der Waals surface area contributed by atoms with Gasteiger partial charge >= 0.3 is 0 Å². The summed E-state index contributed by atoms with van der Waals surface area (Å²) in [6, 6.07) is 4.46. The number of nitrogens with zero attached hydrogens (tertiary/aromatic N) is 3. The second-order valence-corrected chi connectivity index (χ2v) is 10.4. The minimum Gasteiger partial charge on any atom is -0.502 e. The van der Waals surface area contributed by atoms with Gasteiger partial charge in [-0.3, -0.25) is 19.3 Å². The summed E-state index contributed by atoms with van der Waals surface area (Å²) in [5.41, 5.74) is -1.28. The molecule has 1 N–H and O–H groups in total. The summed E-state index contributed by atoms with van der Waals surface area (Å²) in [6.07, 6.45) is 7.14. The molecule has 0 unspecified atom stereocenters. The second-order valence-electron chi connectivity index (χ2n) is 9.02. The van der Waals surface area contributed by atoms with Gasteiger partial charge in [0.15, 0.2) is 23.0 Å². The number of rotatable bonds is 1. The number of hydrogen-bond donors (Lipinski definition) is 1. The smallest absolute Gasteiger partial charge is 0.278 e. The molecule has 186 valence electrons. The van der Waals surface area contributed by atoms with Crippen molar-refractivity contribution in [1.82, 2.24) is 9.58 Å². The van der Waals surface area contributed by atoms with Crippen LogP contribution in [0, 0.1) is 11.6 Å². The molecule has 3 aromatic rings. The van der Waals surface area contributed by atoms with Crippen molar-refractivity contribution in [2.75, 3.05) is 18.3 Å². The number of aromatic nitrogens is 1. The fourth-order valence-electron chi connectivity index (χ4n) is 5.20. The van der Waals surface area contributed by atoms with Gasteiger partial charge in [-0.1, -0.05) is 17.7 Å². The molecular weight excluding hydrogens is 512 g/mol. The van der Waals surface area contributed by atoms with Gasteiger partial charge in [-0.15, -0.1) is 11.3 Å². The van der Waals surface area contributed by atoms with Crippen molar-refractivity contribution in [2.45, 2.75) is 30.8 Å². The summed E-state index contributed by atoms with van der Waals surface area (Å²) in [5, 5.41) is 14.6. The number of carbonyl (C=O) groups excluding carboxylic acids is 1.